The van der Waals surface area contributed by atoms with Gasteiger partial charge < -0.3 is 5.32 Å². The molecule has 0 amide bonds. The molecule has 1 aliphatic rings. The Balaban J connectivity index is 2.05. The minimum atomic E-state index is 0.480. The van der Waals surface area contributed by atoms with Crippen molar-refractivity contribution in [1.82, 2.24) is 9.78 Å². The lowest BCUT2D eigenvalue weighted by Gasteiger charge is -2.33. The van der Waals surface area contributed by atoms with Gasteiger partial charge in [-0.15, -0.1) is 0 Å². The van der Waals surface area contributed by atoms with Crippen molar-refractivity contribution in [2.24, 2.45) is 18.9 Å². The number of hydrogen-bond donors (Lipinski definition) is 1. The number of rotatable bonds is 3. The maximum atomic E-state index is 4.56. The standard InChI is InChI=1S/C15H27N3/c1-10(2)15-14(9-18(5)17-15)16-13-7-6-11(3)12(4)8-13/h9-13,16H,6-8H2,1-5H3. The molecule has 1 N–H and O–H groups in total. The van der Waals surface area contributed by atoms with Gasteiger partial charge in [0.25, 0.3) is 0 Å². The monoisotopic (exact) mass is 249 g/mol. The summed E-state index contributed by atoms with van der Waals surface area (Å²) in [5.41, 5.74) is 2.43. The fraction of sp³-hybridized carbons (Fsp3) is 0.800. The third-order valence-corrected chi connectivity index (χ3v) is 4.36. The van der Waals surface area contributed by atoms with Crippen molar-refractivity contribution in [2.75, 3.05) is 5.32 Å². The van der Waals surface area contributed by atoms with Crippen LogP contribution in [0.1, 0.15) is 58.6 Å². The topological polar surface area (TPSA) is 29.9 Å². The van der Waals surface area contributed by atoms with Gasteiger partial charge in [-0.05, 0) is 37.0 Å². The Morgan fingerprint density at radius 1 is 1.28 bits per heavy atom. The zero-order valence-electron chi connectivity index (χ0n) is 12.4. The average Bonchev–Trinajstić information content (AvgIpc) is 2.65. The molecule has 0 aliphatic heterocycles. The summed E-state index contributed by atoms with van der Waals surface area (Å²) in [6.45, 7) is 9.17. The van der Waals surface area contributed by atoms with Crippen molar-refractivity contribution < 1.29 is 0 Å². The number of hydrogen-bond acceptors (Lipinski definition) is 2. The summed E-state index contributed by atoms with van der Waals surface area (Å²) in [6, 6.07) is 0.623. The molecule has 1 aromatic rings. The summed E-state index contributed by atoms with van der Waals surface area (Å²) < 4.78 is 1.92. The Morgan fingerprint density at radius 2 is 2.00 bits per heavy atom. The quantitative estimate of drug-likeness (QED) is 0.883. The third-order valence-electron chi connectivity index (χ3n) is 4.36. The van der Waals surface area contributed by atoms with E-state index < -0.39 is 0 Å². The summed E-state index contributed by atoms with van der Waals surface area (Å²) >= 11 is 0. The molecule has 1 aliphatic carbocycles. The second-order valence-corrected chi connectivity index (χ2v) is 6.37. The van der Waals surface area contributed by atoms with Gasteiger partial charge in [0.1, 0.15) is 0 Å². The number of nitrogens with zero attached hydrogens (tertiary/aromatic N) is 2. The van der Waals surface area contributed by atoms with Gasteiger partial charge in [0.15, 0.2) is 0 Å². The highest BCUT2D eigenvalue weighted by molar-refractivity contribution is 5.48. The highest BCUT2D eigenvalue weighted by Gasteiger charge is 2.25. The van der Waals surface area contributed by atoms with Crippen LogP contribution >= 0.6 is 0 Å². The minimum Gasteiger partial charge on any atom is -0.380 e. The first-order valence-corrected chi connectivity index (χ1v) is 7.27. The number of nitrogens with one attached hydrogen (secondary N) is 1. The van der Waals surface area contributed by atoms with E-state index >= 15 is 0 Å². The summed E-state index contributed by atoms with van der Waals surface area (Å²) in [6.07, 6.45) is 6.04. The molecule has 18 heavy (non-hydrogen) atoms. The summed E-state index contributed by atoms with van der Waals surface area (Å²) in [5.74, 6) is 2.19. The average molecular weight is 249 g/mol. The predicted octanol–water partition coefficient (Wildman–Crippen LogP) is 3.78. The van der Waals surface area contributed by atoms with Gasteiger partial charge in [-0.1, -0.05) is 27.7 Å². The third kappa shape index (κ3) is 2.88. The van der Waals surface area contributed by atoms with Gasteiger partial charge in [0.05, 0.1) is 11.4 Å². The van der Waals surface area contributed by atoms with Crippen LogP contribution in [0.2, 0.25) is 0 Å². The SMILES string of the molecule is CC(C)c1nn(C)cc1NC1CCC(C)C(C)C1. The van der Waals surface area contributed by atoms with Gasteiger partial charge in [-0.25, -0.2) is 0 Å². The van der Waals surface area contributed by atoms with E-state index in [0.717, 1.165) is 11.8 Å². The van der Waals surface area contributed by atoms with E-state index in [9.17, 15) is 0 Å². The maximum absolute atomic E-state index is 4.56. The molecule has 0 spiro atoms. The molecule has 3 heteroatoms. The van der Waals surface area contributed by atoms with E-state index in [-0.39, 0.29) is 0 Å². The Labute approximate surface area is 111 Å². The largest absolute Gasteiger partial charge is 0.380 e. The molecule has 0 bridgehead atoms. The van der Waals surface area contributed by atoms with Crippen molar-refractivity contribution in [3.8, 4) is 0 Å². The normalized spacial score (nSPS) is 28.7. The molecule has 3 atom stereocenters. The lowest BCUT2D eigenvalue weighted by atomic mass is 9.79. The number of aromatic nitrogens is 2. The van der Waals surface area contributed by atoms with Crippen LogP contribution in [0.15, 0.2) is 6.20 Å². The summed E-state index contributed by atoms with van der Waals surface area (Å²) in [4.78, 5) is 0. The summed E-state index contributed by atoms with van der Waals surface area (Å²) in [5, 5.41) is 8.28. The lowest BCUT2D eigenvalue weighted by Crippen LogP contribution is -2.30. The molecule has 0 saturated heterocycles. The fourth-order valence-corrected chi connectivity index (χ4v) is 2.94. The second-order valence-electron chi connectivity index (χ2n) is 6.37. The molecule has 1 heterocycles. The van der Waals surface area contributed by atoms with Crippen LogP contribution < -0.4 is 5.32 Å². The van der Waals surface area contributed by atoms with E-state index in [2.05, 4.69) is 44.3 Å². The van der Waals surface area contributed by atoms with Crippen molar-refractivity contribution in [1.29, 1.82) is 0 Å². The Hall–Kier alpha value is -0.990. The van der Waals surface area contributed by atoms with Crippen LogP contribution in [-0.4, -0.2) is 15.8 Å². The van der Waals surface area contributed by atoms with E-state index in [4.69, 9.17) is 0 Å². The van der Waals surface area contributed by atoms with E-state index in [1.54, 1.807) is 0 Å². The number of anilines is 1. The van der Waals surface area contributed by atoms with Crippen LogP contribution in [0.25, 0.3) is 0 Å². The predicted molar refractivity (Wildman–Crippen MR) is 76.9 cm³/mol. The van der Waals surface area contributed by atoms with E-state index in [1.165, 1.54) is 30.6 Å². The van der Waals surface area contributed by atoms with Crippen molar-refractivity contribution in [2.45, 2.75) is 58.9 Å². The molecule has 0 aromatic carbocycles. The lowest BCUT2D eigenvalue weighted by molar-refractivity contribution is 0.261. The molecule has 1 aromatic heterocycles. The molecular weight excluding hydrogens is 222 g/mol. The van der Waals surface area contributed by atoms with Crippen LogP contribution in [-0.2, 0) is 7.05 Å². The van der Waals surface area contributed by atoms with Crippen molar-refractivity contribution in [3.05, 3.63) is 11.9 Å². The van der Waals surface area contributed by atoms with Crippen LogP contribution in [0.5, 0.6) is 0 Å². The molecule has 1 saturated carbocycles. The van der Waals surface area contributed by atoms with Gasteiger partial charge in [0, 0.05) is 19.3 Å². The first-order chi connectivity index (χ1) is 8.47. The first kappa shape index (κ1) is 13.4. The molecule has 102 valence electrons. The molecule has 3 unspecified atom stereocenters. The zero-order valence-corrected chi connectivity index (χ0v) is 12.4. The molecular formula is C15H27N3. The zero-order chi connectivity index (χ0) is 13.3. The second kappa shape index (κ2) is 5.33. The Bertz CT molecular complexity index is 394. The molecule has 0 radical (unpaired) electrons. The van der Waals surface area contributed by atoms with Gasteiger partial charge >= 0.3 is 0 Å². The number of aryl methyl sites for hydroxylation is 1. The molecule has 1 fully saturated rings. The highest BCUT2D eigenvalue weighted by Crippen LogP contribution is 2.32. The minimum absolute atomic E-state index is 0.480. The van der Waals surface area contributed by atoms with Gasteiger partial charge in [-0.3, -0.25) is 4.68 Å². The summed E-state index contributed by atoms with van der Waals surface area (Å²) in [7, 11) is 2.00. The Morgan fingerprint density at radius 3 is 2.61 bits per heavy atom. The van der Waals surface area contributed by atoms with Crippen LogP contribution in [0.4, 0.5) is 5.69 Å². The van der Waals surface area contributed by atoms with E-state index in [0.29, 0.717) is 12.0 Å². The van der Waals surface area contributed by atoms with Gasteiger partial charge in [0.2, 0.25) is 0 Å². The van der Waals surface area contributed by atoms with E-state index in [1.807, 2.05) is 11.7 Å². The fourth-order valence-electron chi connectivity index (χ4n) is 2.94. The smallest absolute Gasteiger partial charge is 0.0881 e. The molecule has 3 nitrogen and oxygen atoms in total. The van der Waals surface area contributed by atoms with Gasteiger partial charge in [-0.2, -0.15) is 5.10 Å². The van der Waals surface area contributed by atoms with Crippen molar-refractivity contribution >= 4 is 5.69 Å². The first-order valence-electron chi connectivity index (χ1n) is 7.27. The van der Waals surface area contributed by atoms with Crippen LogP contribution in [0, 0.1) is 11.8 Å². The van der Waals surface area contributed by atoms with Crippen LogP contribution in [0.3, 0.4) is 0 Å². The maximum Gasteiger partial charge on any atom is 0.0881 e. The van der Waals surface area contributed by atoms with Crippen molar-refractivity contribution in [3.63, 3.8) is 0 Å². The molecule has 2 rings (SSSR count). The highest BCUT2D eigenvalue weighted by atomic mass is 15.3. The Kier molecular flexibility index (Phi) is 3.98.